The molecule has 11 heavy (non-hydrogen) atoms. The summed E-state index contributed by atoms with van der Waals surface area (Å²) in [7, 11) is 0. The predicted molar refractivity (Wildman–Crippen MR) is 55.1 cm³/mol. The zero-order chi connectivity index (χ0) is 8.27. The summed E-state index contributed by atoms with van der Waals surface area (Å²) in [6.07, 6.45) is 0. The zero-order valence-corrected chi connectivity index (χ0v) is 8.76. The van der Waals surface area contributed by atoms with E-state index in [0.29, 0.717) is 5.02 Å². The summed E-state index contributed by atoms with van der Waals surface area (Å²) in [5.74, 6) is 0. The second kappa shape index (κ2) is 4.28. The van der Waals surface area contributed by atoms with Crippen molar-refractivity contribution in [2.75, 3.05) is 0 Å². The molecule has 0 fully saturated rings. The van der Waals surface area contributed by atoms with E-state index in [9.17, 15) is 0 Å². The van der Waals surface area contributed by atoms with E-state index < -0.39 is 0 Å². The van der Waals surface area contributed by atoms with Gasteiger partial charge in [-0.05, 0) is 23.3 Å². The lowest BCUT2D eigenvalue weighted by Crippen LogP contribution is -1.89. The lowest BCUT2D eigenvalue weighted by atomic mass is 10.1. The summed E-state index contributed by atoms with van der Waals surface area (Å²) in [5.41, 5.74) is 2.07. The van der Waals surface area contributed by atoms with E-state index in [1.807, 2.05) is 12.1 Å². The first-order valence-corrected chi connectivity index (χ1v) is 5.12. The molecule has 0 aliphatic carbocycles. The Morgan fingerprint density at radius 2 is 2.09 bits per heavy atom. The first kappa shape index (κ1) is 9.29. The highest BCUT2D eigenvalue weighted by molar-refractivity contribution is 14.1. The molecular formula is C8H8ClIO. The standard InChI is InChI=1S/C8H8ClIO/c9-8-2-1-6(4-10)7(3-8)5-11/h1-3,11H,4-5H2. The molecular weight excluding hydrogens is 274 g/mol. The molecule has 1 aromatic rings. The third-order valence-corrected chi connectivity index (χ3v) is 2.54. The number of halogens is 2. The Kier molecular flexibility index (Phi) is 3.62. The fourth-order valence-corrected chi connectivity index (χ4v) is 1.81. The molecule has 0 spiro atoms. The van der Waals surface area contributed by atoms with Crippen LogP contribution in [0.2, 0.25) is 5.02 Å². The SMILES string of the molecule is OCc1cc(Cl)ccc1CI. The Morgan fingerprint density at radius 3 is 2.64 bits per heavy atom. The van der Waals surface area contributed by atoms with Gasteiger partial charge in [0.15, 0.2) is 0 Å². The molecule has 0 saturated carbocycles. The average molecular weight is 283 g/mol. The highest BCUT2D eigenvalue weighted by Gasteiger charge is 1.99. The minimum absolute atomic E-state index is 0.0683. The molecule has 1 rings (SSSR count). The van der Waals surface area contributed by atoms with Crippen molar-refractivity contribution in [1.29, 1.82) is 0 Å². The van der Waals surface area contributed by atoms with Gasteiger partial charge in [0.25, 0.3) is 0 Å². The van der Waals surface area contributed by atoms with Gasteiger partial charge in [-0.3, -0.25) is 0 Å². The number of aliphatic hydroxyl groups excluding tert-OH is 1. The lowest BCUT2D eigenvalue weighted by Gasteiger charge is -2.03. The summed E-state index contributed by atoms with van der Waals surface area (Å²) >= 11 is 8.00. The van der Waals surface area contributed by atoms with Gasteiger partial charge in [-0.2, -0.15) is 0 Å². The maximum atomic E-state index is 8.91. The number of alkyl halides is 1. The van der Waals surface area contributed by atoms with Crippen LogP contribution in [0.1, 0.15) is 11.1 Å². The first-order chi connectivity index (χ1) is 5.27. The van der Waals surface area contributed by atoms with E-state index in [2.05, 4.69) is 22.6 Å². The van der Waals surface area contributed by atoms with Crippen molar-refractivity contribution in [3.8, 4) is 0 Å². The molecule has 1 nitrogen and oxygen atoms in total. The summed E-state index contributed by atoms with van der Waals surface area (Å²) in [4.78, 5) is 0. The Morgan fingerprint density at radius 1 is 1.36 bits per heavy atom. The number of benzene rings is 1. The van der Waals surface area contributed by atoms with Gasteiger partial charge in [-0.15, -0.1) is 0 Å². The molecule has 1 aromatic carbocycles. The van der Waals surface area contributed by atoms with Gasteiger partial charge in [0, 0.05) is 9.45 Å². The lowest BCUT2D eigenvalue weighted by molar-refractivity contribution is 0.281. The topological polar surface area (TPSA) is 20.2 Å². The predicted octanol–water partition coefficient (Wildman–Crippen LogP) is 2.77. The molecule has 1 N–H and O–H groups in total. The summed E-state index contributed by atoms with van der Waals surface area (Å²) in [6.45, 7) is 0.0683. The molecule has 0 unspecified atom stereocenters. The smallest absolute Gasteiger partial charge is 0.0685 e. The Bertz CT molecular complexity index is 250. The van der Waals surface area contributed by atoms with Crippen LogP contribution in [0, 0.1) is 0 Å². The molecule has 0 radical (unpaired) electrons. The van der Waals surface area contributed by atoms with Gasteiger partial charge in [0.05, 0.1) is 6.61 Å². The third kappa shape index (κ3) is 2.32. The Balaban J connectivity index is 3.06. The van der Waals surface area contributed by atoms with E-state index in [-0.39, 0.29) is 6.61 Å². The number of rotatable bonds is 2. The fourth-order valence-electron chi connectivity index (χ4n) is 0.872. The molecule has 0 aromatic heterocycles. The molecule has 0 aliphatic heterocycles. The van der Waals surface area contributed by atoms with Gasteiger partial charge >= 0.3 is 0 Å². The van der Waals surface area contributed by atoms with Crippen LogP contribution in [0.15, 0.2) is 18.2 Å². The van der Waals surface area contributed by atoms with E-state index in [1.54, 1.807) is 6.07 Å². The van der Waals surface area contributed by atoms with Gasteiger partial charge < -0.3 is 5.11 Å². The maximum absolute atomic E-state index is 8.91. The average Bonchev–Trinajstić information content (AvgIpc) is 2.04. The zero-order valence-electron chi connectivity index (χ0n) is 5.85. The molecule has 3 heteroatoms. The third-order valence-electron chi connectivity index (χ3n) is 1.48. The molecule has 0 amide bonds. The van der Waals surface area contributed by atoms with Gasteiger partial charge in [0.2, 0.25) is 0 Å². The van der Waals surface area contributed by atoms with Crippen LogP contribution in [0.5, 0.6) is 0 Å². The normalized spacial score (nSPS) is 10.1. The van der Waals surface area contributed by atoms with Crippen molar-refractivity contribution in [2.45, 2.75) is 11.0 Å². The molecule has 0 heterocycles. The second-order valence-electron chi connectivity index (χ2n) is 2.20. The van der Waals surface area contributed by atoms with Crippen LogP contribution in [0.25, 0.3) is 0 Å². The highest BCUT2D eigenvalue weighted by atomic mass is 127. The highest BCUT2D eigenvalue weighted by Crippen LogP contribution is 2.18. The first-order valence-electron chi connectivity index (χ1n) is 3.22. The van der Waals surface area contributed by atoms with Crippen LogP contribution in [0.3, 0.4) is 0 Å². The number of aliphatic hydroxyl groups is 1. The van der Waals surface area contributed by atoms with Gasteiger partial charge in [-0.1, -0.05) is 40.3 Å². The Labute approximate surface area is 84.5 Å². The van der Waals surface area contributed by atoms with Crippen molar-refractivity contribution < 1.29 is 5.11 Å². The van der Waals surface area contributed by atoms with Gasteiger partial charge in [0.1, 0.15) is 0 Å². The minimum atomic E-state index is 0.0683. The fraction of sp³-hybridized carbons (Fsp3) is 0.250. The van der Waals surface area contributed by atoms with Crippen molar-refractivity contribution >= 4 is 34.2 Å². The molecule has 0 atom stereocenters. The van der Waals surface area contributed by atoms with Crippen molar-refractivity contribution in [2.24, 2.45) is 0 Å². The van der Waals surface area contributed by atoms with Crippen LogP contribution in [-0.4, -0.2) is 5.11 Å². The maximum Gasteiger partial charge on any atom is 0.0685 e. The van der Waals surface area contributed by atoms with E-state index in [4.69, 9.17) is 16.7 Å². The van der Waals surface area contributed by atoms with Crippen molar-refractivity contribution in [3.63, 3.8) is 0 Å². The number of hydrogen-bond acceptors (Lipinski definition) is 1. The van der Waals surface area contributed by atoms with Gasteiger partial charge in [-0.25, -0.2) is 0 Å². The summed E-state index contributed by atoms with van der Waals surface area (Å²) in [5, 5.41) is 9.60. The van der Waals surface area contributed by atoms with Crippen LogP contribution in [-0.2, 0) is 11.0 Å². The van der Waals surface area contributed by atoms with E-state index in [1.165, 1.54) is 0 Å². The van der Waals surface area contributed by atoms with E-state index >= 15 is 0 Å². The largest absolute Gasteiger partial charge is 0.392 e. The number of hydrogen-bond donors (Lipinski definition) is 1. The van der Waals surface area contributed by atoms with E-state index in [0.717, 1.165) is 15.6 Å². The second-order valence-corrected chi connectivity index (χ2v) is 3.40. The molecule has 60 valence electrons. The monoisotopic (exact) mass is 282 g/mol. The molecule has 0 aliphatic rings. The quantitative estimate of drug-likeness (QED) is 0.653. The van der Waals surface area contributed by atoms with Crippen LogP contribution >= 0.6 is 34.2 Å². The Hall–Kier alpha value is 0.200. The van der Waals surface area contributed by atoms with Crippen LogP contribution < -0.4 is 0 Å². The molecule has 0 bridgehead atoms. The van der Waals surface area contributed by atoms with Crippen molar-refractivity contribution in [1.82, 2.24) is 0 Å². The van der Waals surface area contributed by atoms with Crippen LogP contribution in [0.4, 0.5) is 0 Å². The summed E-state index contributed by atoms with van der Waals surface area (Å²) < 4.78 is 0.908. The van der Waals surface area contributed by atoms with Crippen molar-refractivity contribution in [3.05, 3.63) is 34.3 Å². The molecule has 0 saturated heterocycles. The minimum Gasteiger partial charge on any atom is -0.392 e. The summed E-state index contributed by atoms with van der Waals surface area (Å²) in [6, 6.07) is 5.59.